The Morgan fingerprint density at radius 2 is 1.53 bits per heavy atom. The Balaban J connectivity index is 0.00000204. The summed E-state index contributed by atoms with van der Waals surface area (Å²) in [6.45, 7) is 5.13. The predicted molar refractivity (Wildman–Crippen MR) is 139 cm³/mol. The van der Waals surface area contributed by atoms with Crippen LogP contribution in [-0.2, 0) is 6.54 Å². The van der Waals surface area contributed by atoms with E-state index < -0.39 is 5.97 Å². The second-order valence-corrected chi connectivity index (χ2v) is 8.67. The SMILES string of the molecule is COc1ccc(C(=O)Oc2ccccc2CN2CCN(C3CCCCC3)CC2)cc1OC.Cl.Cl. The molecule has 0 bridgehead atoms. The monoisotopic (exact) mass is 510 g/mol. The van der Waals surface area contributed by atoms with E-state index in [2.05, 4.69) is 9.80 Å². The zero-order valence-corrected chi connectivity index (χ0v) is 21.7. The van der Waals surface area contributed by atoms with Crippen LogP contribution in [-0.4, -0.2) is 62.2 Å². The molecule has 2 aliphatic rings. The topological polar surface area (TPSA) is 51.2 Å². The molecule has 1 saturated carbocycles. The van der Waals surface area contributed by atoms with Crippen LogP contribution in [0.15, 0.2) is 42.5 Å². The minimum absolute atomic E-state index is 0. The molecular weight excluding hydrogens is 475 g/mol. The molecular formula is C26H36Cl2N2O4. The lowest BCUT2D eigenvalue weighted by atomic mass is 9.94. The maximum atomic E-state index is 12.8. The van der Waals surface area contributed by atoms with Gasteiger partial charge in [0, 0.05) is 44.3 Å². The molecule has 1 aliphatic carbocycles. The molecule has 0 spiro atoms. The Bertz CT molecular complexity index is 913. The lowest BCUT2D eigenvalue weighted by molar-refractivity contribution is 0.0704. The standard InChI is InChI=1S/C26H34N2O4.2ClH/c1-30-24-13-12-20(18-25(24)31-2)26(29)32-23-11-7-6-8-21(23)19-27-14-16-28(17-15-27)22-9-4-3-5-10-22;;/h6-8,11-13,18,22H,3-5,9-10,14-17,19H2,1-2H3;2*1H. The minimum atomic E-state index is -0.402. The fourth-order valence-electron chi connectivity index (χ4n) is 4.83. The molecule has 188 valence electrons. The van der Waals surface area contributed by atoms with Crippen molar-refractivity contribution >= 4 is 30.8 Å². The maximum absolute atomic E-state index is 12.8. The van der Waals surface area contributed by atoms with Crippen molar-refractivity contribution in [3.63, 3.8) is 0 Å². The van der Waals surface area contributed by atoms with Crippen LogP contribution in [0, 0.1) is 0 Å². The summed E-state index contributed by atoms with van der Waals surface area (Å²) in [4.78, 5) is 17.9. The highest BCUT2D eigenvalue weighted by Gasteiger charge is 2.25. The minimum Gasteiger partial charge on any atom is -0.493 e. The molecule has 0 amide bonds. The van der Waals surface area contributed by atoms with Gasteiger partial charge in [0.05, 0.1) is 19.8 Å². The Labute approximate surface area is 215 Å². The van der Waals surface area contributed by atoms with Gasteiger partial charge < -0.3 is 14.2 Å². The third kappa shape index (κ3) is 7.01. The first kappa shape index (κ1) is 28.2. The lowest BCUT2D eigenvalue weighted by Crippen LogP contribution is -2.50. The highest BCUT2D eigenvalue weighted by molar-refractivity contribution is 5.92. The van der Waals surface area contributed by atoms with Crippen LogP contribution < -0.4 is 14.2 Å². The summed E-state index contributed by atoms with van der Waals surface area (Å²) in [6, 6.07) is 13.7. The number of benzene rings is 2. The Morgan fingerprint density at radius 1 is 0.853 bits per heavy atom. The summed E-state index contributed by atoms with van der Waals surface area (Å²) < 4.78 is 16.4. The number of rotatable bonds is 7. The number of piperazine rings is 1. The zero-order valence-electron chi connectivity index (χ0n) is 20.0. The van der Waals surface area contributed by atoms with Crippen LogP contribution in [0.3, 0.4) is 0 Å². The van der Waals surface area contributed by atoms with Crippen molar-refractivity contribution < 1.29 is 19.0 Å². The maximum Gasteiger partial charge on any atom is 0.343 e. The molecule has 1 saturated heterocycles. The summed E-state index contributed by atoms with van der Waals surface area (Å²) in [5.41, 5.74) is 1.46. The van der Waals surface area contributed by atoms with Gasteiger partial charge in [-0.3, -0.25) is 9.80 Å². The molecule has 0 atom stereocenters. The summed E-state index contributed by atoms with van der Waals surface area (Å²) in [5.74, 6) is 1.30. The van der Waals surface area contributed by atoms with Gasteiger partial charge in [-0.25, -0.2) is 4.79 Å². The van der Waals surface area contributed by atoms with E-state index in [1.807, 2.05) is 24.3 Å². The van der Waals surface area contributed by atoms with E-state index in [9.17, 15) is 4.79 Å². The fraction of sp³-hybridized carbons (Fsp3) is 0.500. The van der Waals surface area contributed by atoms with Crippen molar-refractivity contribution in [1.29, 1.82) is 0 Å². The molecule has 0 radical (unpaired) electrons. The Hall–Kier alpha value is -1.99. The molecule has 2 fully saturated rings. The number of nitrogens with zero attached hydrogens (tertiary/aromatic N) is 2. The molecule has 0 aromatic heterocycles. The summed E-state index contributed by atoms with van der Waals surface area (Å²) in [6.07, 6.45) is 6.87. The highest BCUT2D eigenvalue weighted by Crippen LogP contribution is 2.29. The van der Waals surface area contributed by atoms with Gasteiger partial charge in [0.2, 0.25) is 0 Å². The van der Waals surface area contributed by atoms with Crippen LogP contribution in [0.2, 0.25) is 0 Å². The molecule has 1 heterocycles. The number of para-hydroxylation sites is 1. The van der Waals surface area contributed by atoms with Crippen LogP contribution in [0.4, 0.5) is 0 Å². The van der Waals surface area contributed by atoms with Crippen molar-refractivity contribution in [2.45, 2.75) is 44.7 Å². The van der Waals surface area contributed by atoms with Gasteiger partial charge in [0.15, 0.2) is 11.5 Å². The van der Waals surface area contributed by atoms with Gasteiger partial charge in [0.25, 0.3) is 0 Å². The van der Waals surface area contributed by atoms with Crippen molar-refractivity contribution in [2.75, 3.05) is 40.4 Å². The van der Waals surface area contributed by atoms with Gasteiger partial charge in [-0.1, -0.05) is 37.5 Å². The number of esters is 1. The fourth-order valence-corrected chi connectivity index (χ4v) is 4.83. The Kier molecular flexibility index (Phi) is 11.5. The third-order valence-electron chi connectivity index (χ3n) is 6.69. The number of hydrogen-bond acceptors (Lipinski definition) is 6. The van der Waals surface area contributed by atoms with Crippen LogP contribution in [0.25, 0.3) is 0 Å². The van der Waals surface area contributed by atoms with Crippen molar-refractivity contribution in [1.82, 2.24) is 9.80 Å². The van der Waals surface area contributed by atoms with Gasteiger partial charge in [0.1, 0.15) is 5.75 Å². The second kappa shape index (κ2) is 13.8. The molecule has 4 rings (SSSR count). The quantitative estimate of drug-likeness (QED) is 0.376. The summed E-state index contributed by atoms with van der Waals surface area (Å²) in [7, 11) is 3.12. The number of carbonyl (C=O) groups excluding carboxylic acids is 1. The number of ether oxygens (including phenoxy) is 3. The predicted octanol–water partition coefficient (Wildman–Crippen LogP) is 5.22. The molecule has 2 aromatic carbocycles. The molecule has 0 N–H and O–H groups in total. The number of methoxy groups -OCH3 is 2. The summed E-state index contributed by atoms with van der Waals surface area (Å²) in [5, 5.41) is 0. The van der Waals surface area contributed by atoms with Crippen LogP contribution in [0.1, 0.15) is 48.0 Å². The first-order valence-corrected chi connectivity index (χ1v) is 11.7. The van der Waals surface area contributed by atoms with E-state index in [-0.39, 0.29) is 24.8 Å². The van der Waals surface area contributed by atoms with Gasteiger partial charge in [-0.05, 0) is 37.1 Å². The average molecular weight is 511 g/mol. The van der Waals surface area contributed by atoms with Crippen LogP contribution >= 0.6 is 24.8 Å². The van der Waals surface area contributed by atoms with E-state index in [4.69, 9.17) is 14.2 Å². The first-order valence-electron chi connectivity index (χ1n) is 11.7. The van der Waals surface area contributed by atoms with Crippen molar-refractivity contribution in [3.05, 3.63) is 53.6 Å². The Morgan fingerprint density at radius 3 is 2.21 bits per heavy atom. The van der Waals surface area contributed by atoms with E-state index in [0.29, 0.717) is 22.8 Å². The molecule has 1 aliphatic heterocycles. The molecule has 6 nitrogen and oxygen atoms in total. The smallest absolute Gasteiger partial charge is 0.343 e. The highest BCUT2D eigenvalue weighted by atomic mass is 35.5. The second-order valence-electron chi connectivity index (χ2n) is 8.67. The van der Waals surface area contributed by atoms with E-state index in [1.165, 1.54) is 32.1 Å². The van der Waals surface area contributed by atoms with Crippen molar-refractivity contribution in [3.8, 4) is 17.2 Å². The third-order valence-corrected chi connectivity index (χ3v) is 6.69. The molecule has 34 heavy (non-hydrogen) atoms. The molecule has 8 heteroatoms. The van der Waals surface area contributed by atoms with E-state index in [0.717, 1.165) is 44.3 Å². The first-order chi connectivity index (χ1) is 15.7. The van der Waals surface area contributed by atoms with Crippen LogP contribution in [0.5, 0.6) is 17.2 Å². The number of carbonyl (C=O) groups is 1. The van der Waals surface area contributed by atoms with E-state index >= 15 is 0 Å². The van der Waals surface area contributed by atoms with Crippen molar-refractivity contribution in [2.24, 2.45) is 0 Å². The number of halogens is 2. The normalized spacial score (nSPS) is 17.2. The molecule has 2 aromatic rings. The molecule has 0 unspecified atom stereocenters. The lowest BCUT2D eigenvalue weighted by Gasteiger charge is -2.40. The number of hydrogen-bond donors (Lipinski definition) is 0. The van der Waals surface area contributed by atoms with E-state index in [1.54, 1.807) is 32.4 Å². The van der Waals surface area contributed by atoms with Gasteiger partial charge in [-0.2, -0.15) is 0 Å². The average Bonchev–Trinajstić information content (AvgIpc) is 2.85. The van der Waals surface area contributed by atoms with Gasteiger partial charge in [-0.15, -0.1) is 24.8 Å². The zero-order chi connectivity index (χ0) is 22.3. The van der Waals surface area contributed by atoms with Gasteiger partial charge >= 0.3 is 5.97 Å². The summed E-state index contributed by atoms with van der Waals surface area (Å²) >= 11 is 0. The largest absolute Gasteiger partial charge is 0.493 e.